The molecule has 1 unspecified atom stereocenters. The largest absolute Gasteiger partial charge is 0.338 e. The van der Waals surface area contributed by atoms with Crippen molar-refractivity contribution in [1.29, 1.82) is 0 Å². The van der Waals surface area contributed by atoms with Gasteiger partial charge in [0.2, 0.25) is 0 Å². The predicted octanol–water partition coefficient (Wildman–Crippen LogP) is 2.58. The van der Waals surface area contributed by atoms with E-state index in [1.54, 1.807) is 11.3 Å². The Bertz CT molecular complexity index is 427. The fraction of sp³-hybridized carbons (Fsp3) is 0.692. The summed E-state index contributed by atoms with van der Waals surface area (Å²) in [6.45, 7) is 5.66. The molecule has 1 atom stereocenters. The summed E-state index contributed by atoms with van der Waals surface area (Å²) >= 11 is 3.65. The Kier molecular flexibility index (Phi) is 5.10. The van der Waals surface area contributed by atoms with Crippen molar-refractivity contribution in [2.45, 2.75) is 37.9 Å². The van der Waals surface area contributed by atoms with Crippen molar-refractivity contribution in [1.82, 2.24) is 15.6 Å². The molecule has 6 heteroatoms. The molecule has 0 spiro atoms. The Morgan fingerprint density at radius 1 is 1.53 bits per heavy atom. The van der Waals surface area contributed by atoms with Gasteiger partial charge in [0.25, 0.3) is 0 Å². The van der Waals surface area contributed by atoms with Gasteiger partial charge in [-0.15, -0.1) is 11.3 Å². The first-order valence-electron chi connectivity index (χ1n) is 6.64. The Hall–Kier alpha value is -0.750. The van der Waals surface area contributed by atoms with E-state index in [0.717, 1.165) is 18.0 Å². The molecule has 2 rings (SSSR count). The van der Waals surface area contributed by atoms with Crippen molar-refractivity contribution >= 4 is 29.1 Å². The third kappa shape index (κ3) is 4.69. The number of nitrogens with zero attached hydrogens (tertiary/aromatic N) is 1. The first-order chi connectivity index (χ1) is 9.07. The molecular weight excluding hydrogens is 278 g/mol. The van der Waals surface area contributed by atoms with Gasteiger partial charge in [0.1, 0.15) is 0 Å². The maximum absolute atomic E-state index is 11.7. The molecular formula is C13H21N3OS2. The lowest BCUT2D eigenvalue weighted by atomic mass is 10.1. The van der Waals surface area contributed by atoms with Crippen LogP contribution >= 0.6 is 23.1 Å². The number of thiazole rings is 1. The SMILES string of the molecule is Cc1cnc(CCNC(=O)NCC2(C)CCCS2)s1. The van der Waals surface area contributed by atoms with Crippen LogP contribution in [-0.2, 0) is 6.42 Å². The average molecular weight is 299 g/mol. The summed E-state index contributed by atoms with van der Waals surface area (Å²) in [5, 5.41) is 6.94. The molecule has 2 amide bonds. The quantitative estimate of drug-likeness (QED) is 0.878. The van der Waals surface area contributed by atoms with Crippen LogP contribution < -0.4 is 10.6 Å². The molecule has 1 fully saturated rings. The Labute approximate surface area is 122 Å². The zero-order valence-corrected chi connectivity index (χ0v) is 13.1. The van der Waals surface area contributed by atoms with Crippen molar-refractivity contribution in [3.63, 3.8) is 0 Å². The number of carbonyl (C=O) groups excluding carboxylic acids is 1. The van der Waals surface area contributed by atoms with E-state index in [0.29, 0.717) is 6.54 Å². The minimum atomic E-state index is -0.0676. The number of aromatic nitrogens is 1. The van der Waals surface area contributed by atoms with Gasteiger partial charge in [-0.1, -0.05) is 0 Å². The fourth-order valence-corrected chi connectivity index (χ4v) is 4.14. The van der Waals surface area contributed by atoms with Crippen LogP contribution in [0.15, 0.2) is 6.20 Å². The van der Waals surface area contributed by atoms with E-state index in [9.17, 15) is 4.79 Å². The summed E-state index contributed by atoms with van der Waals surface area (Å²) in [6, 6.07) is -0.0676. The first kappa shape index (κ1) is 14.7. The number of thioether (sulfide) groups is 1. The molecule has 1 aliphatic heterocycles. The number of urea groups is 1. The van der Waals surface area contributed by atoms with E-state index in [4.69, 9.17) is 0 Å². The summed E-state index contributed by atoms with van der Waals surface area (Å²) in [4.78, 5) is 17.2. The first-order valence-corrected chi connectivity index (χ1v) is 8.45. The highest BCUT2D eigenvalue weighted by Gasteiger charge is 2.29. The Balaban J connectivity index is 1.62. The van der Waals surface area contributed by atoms with Crippen molar-refractivity contribution in [3.8, 4) is 0 Å². The highest BCUT2D eigenvalue weighted by atomic mass is 32.2. The van der Waals surface area contributed by atoms with Gasteiger partial charge in [0, 0.05) is 35.3 Å². The highest BCUT2D eigenvalue weighted by Crippen LogP contribution is 2.36. The van der Waals surface area contributed by atoms with Gasteiger partial charge in [-0.25, -0.2) is 9.78 Å². The molecule has 0 saturated carbocycles. The van der Waals surface area contributed by atoms with Crippen LogP contribution in [0.25, 0.3) is 0 Å². The second kappa shape index (κ2) is 6.61. The minimum Gasteiger partial charge on any atom is -0.338 e. The van der Waals surface area contributed by atoms with Crippen LogP contribution in [0.1, 0.15) is 29.7 Å². The van der Waals surface area contributed by atoms with Gasteiger partial charge in [0.05, 0.1) is 5.01 Å². The minimum absolute atomic E-state index is 0.0676. The van der Waals surface area contributed by atoms with Crippen molar-refractivity contribution in [3.05, 3.63) is 16.1 Å². The predicted molar refractivity (Wildman–Crippen MR) is 82.1 cm³/mol. The van der Waals surface area contributed by atoms with Crippen LogP contribution in [0.5, 0.6) is 0 Å². The third-order valence-corrected chi connectivity index (χ3v) is 5.73. The van der Waals surface area contributed by atoms with Gasteiger partial charge < -0.3 is 10.6 Å². The molecule has 1 aromatic heterocycles. The zero-order chi connectivity index (χ0) is 13.7. The normalized spacial score (nSPS) is 22.4. The molecule has 19 heavy (non-hydrogen) atoms. The van der Waals surface area contributed by atoms with Crippen LogP contribution in [0.4, 0.5) is 4.79 Å². The molecule has 2 heterocycles. The molecule has 2 N–H and O–H groups in total. The van der Waals surface area contributed by atoms with E-state index in [1.165, 1.54) is 23.5 Å². The molecule has 0 aromatic carbocycles. The second-order valence-electron chi connectivity index (χ2n) is 5.13. The zero-order valence-electron chi connectivity index (χ0n) is 11.5. The number of hydrogen-bond donors (Lipinski definition) is 2. The van der Waals surface area contributed by atoms with Gasteiger partial charge >= 0.3 is 6.03 Å². The summed E-state index contributed by atoms with van der Waals surface area (Å²) in [5.41, 5.74) is 0. The van der Waals surface area contributed by atoms with Gasteiger partial charge in [-0.2, -0.15) is 11.8 Å². The van der Waals surface area contributed by atoms with Crippen molar-refractivity contribution in [2.24, 2.45) is 0 Å². The average Bonchev–Trinajstić information content (AvgIpc) is 2.97. The fourth-order valence-electron chi connectivity index (χ4n) is 2.11. The molecule has 106 valence electrons. The number of rotatable bonds is 5. The van der Waals surface area contributed by atoms with Gasteiger partial charge in [-0.3, -0.25) is 0 Å². The summed E-state index contributed by atoms with van der Waals surface area (Å²) in [5.74, 6) is 1.21. The Morgan fingerprint density at radius 2 is 2.37 bits per heavy atom. The van der Waals surface area contributed by atoms with E-state index < -0.39 is 0 Å². The smallest absolute Gasteiger partial charge is 0.314 e. The van der Waals surface area contributed by atoms with Crippen molar-refractivity contribution in [2.75, 3.05) is 18.8 Å². The van der Waals surface area contributed by atoms with Gasteiger partial charge in [0.15, 0.2) is 0 Å². The van der Waals surface area contributed by atoms with E-state index >= 15 is 0 Å². The Morgan fingerprint density at radius 3 is 3.00 bits per heavy atom. The lowest BCUT2D eigenvalue weighted by Crippen LogP contribution is -2.43. The molecule has 0 bridgehead atoms. The summed E-state index contributed by atoms with van der Waals surface area (Å²) < 4.78 is 0.226. The second-order valence-corrected chi connectivity index (χ2v) is 8.13. The molecule has 1 aromatic rings. The molecule has 1 saturated heterocycles. The topological polar surface area (TPSA) is 54.0 Å². The molecule has 1 aliphatic rings. The number of amides is 2. The standard InChI is InChI=1S/C13H21N3OS2/c1-10-8-15-11(19-10)4-6-14-12(17)16-9-13(2)5-3-7-18-13/h8H,3-7,9H2,1-2H3,(H2,14,16,17). The van der Waals surface area contributed by atoms with Crippen LogP contribution in [0, 0.1) is 6.92 Å². The van der Waals surface area contributed by atoms with Crippen LogP contribution in [-0.4, -0.2) is 34.6 Å². The molecule has 0 aliphatic carbocycles. The highest BCUT2D eigenvalue weighted by molar-refractivity contribution is 8.00. The van der Waals surface area contributed by atoms with Crippen LogP contribution in [0.3, 0.4) is 0 Å². The molecule has 0 radical (unpaired) electrons. The lowest BCUT2D eigenvalue weighted by Gasteiger charge is -2.22. The number of carbonyl (C=O) groups is 1. The maximum Gasteiger partial charge on any atom is 0.314 e. The van der Waals surface area contributed by atoms with Crippen LogP contribution in [0.2, 0.25) is 0 Å². The van der Waals surface area contributed by atoms with E-state index in [-0.39, 0.29) is 10.8 Å². The number of nitrogens with one attached hydrogen (secondary N) is 2. The van der Waals surface area contributed by atoms with E-state index in [1.807, 2.05) is 24.9 Å². The molecule has 4 nitrogen and oxygen atoms in total. The van der Waals surface area contributed by atoms with E-state index in [2.05, 4.69) is 22.5 Å². The monoisotopic (exact) mass is 299 g/mol. The third-order valence-electron chi connectivity index (χ3n) is 3.22. The maximum atomic E-state index is 11.7. The number of hydrogen-bond acceptors (Lipinski definition) is 4. The van der Waals surface area contributed by atoms with Crippen molar-refractivity contribution < 1.29 is 4.79 Å². The number of aryl methyl sites for hydroxylation is 1. The van der Waals surface area contributed by atoms with Gasteiger partial charge in [-0.05, 0) is 32.4 Å². The summed E-state index contributed by atoms with van der Waals surface area (Å²) in [7, 11) is 0. The lowest BCUT2D eigenvalue weighted by molar-refractivity contribution is 0.240. The summed E-state index contributed by atoms with van der Waals surface area (Å²) in [6.07, 6.45) is 5.13.